The van der Waals surface area contributed by atoms with Gasteiger partial charge in [0.05, 0.1) is 12.2 Å². The van der Waals surface area contributed by atoms with Crippen LogP contribution in [0.3, 0.4) is 0 Å². The van der Waals surface area contributed by atoms with E-state index in [0.717, 1.165) is 6.07 Å². The minimum atomic E-state index is -4.01. The third-order valence-electron chi connectivity index (χ3n) is 2.65. The first kappa shape index (κ1) is 15.0. The molecule has 1 heterocycles. The molecule has 2 rings (SSSR count). The van der Waals surface area contributed by atoms with E-state index in [1.54, 1.807) is 19.1 Å². The van der Waals surface area contributed by atoms with Crippen molar-refractivity contribution in [2.75, 3.05) is 0 Å². The Morgan fingerprint density at radius 3 is 2.81 bits per heavy atom. The summed E-state index contributed by atoms with van der Waals surface area (Å²) in [5.41, 5.74) is -0.0372. The van der Waals surface area contributed by atoms with E-state index in [1.165, 1.54) is 18.3 Å². The lowest BCUT2D eigenvalue weighted by Gasteiger charge is -2.08. The Balaban J connectivity index is 2.28. The molecule has 0 aliphatic rings. The average Bonchev–Trinajstić information content (AvgIpc) is 2.45. The van der Waals surface area contributed by atoms with Crippen LogP contribution in [0.4, 0.5) is 4.39 Å². The van der Waals surface area contributed by atoms with Crippen molar-refractivity contribution in [3.63, 3.8) is 0 Å². The number of aromatic nitrogens is 2. The first-order valence-electron chi connectivity index (χ1n) is 5.91. The smallest absolute Gasteiger partial charge is 0.242 e. The molecule has 6 nitrogen and oxygen atoms in total. The van der Waals surface area contributed by atoms with Crippen LogP contribution in [-0.2, 0) is 16.6 Å². The molecule has 0 saturated heterocycles. The van der Waals surface area contributed by atoms with Gasteiger partial charge in [-0.15, -0.1) is 0 Å². The van der Waals surface area contributed by atoms with Crippen molar-refractivity contribution in [2.45, 2.75) is 18.4 Å². The molecule has 0 spiro atoms. The number of aryl methyl sites for hydroxylation is 1. The van der Waals surface area contributed by atoms with E-state index in [0.29, 0.717) is 11.5 Å². The number of nitriles is 1. The van der Waals surface area contributed by atoms with E-state index in [2.05, 4.69) is 14.7 Å². The van der Waals surface area contributed by atoms with Crippen LogP contribution in [0.2, 0.25) is 0 Å². The van der Waals surface area contributed by atoms with Gasteiger partial charge in [0, 0.05) is 6.20 Å². The molecule has 1 aromatic carbocycles. The normalized spacial score (nSPS) is 11.1. The highest BCUT2D eigenvalue weighted by Gasteiger charge is 2.21. The summed E-state index contributed by atoms with van der Waals surface area (Å²) in [5.74, 6) is -0.367. The van der Waals surface area contributed by atoms with Crippen molar-refractivity contribution in [1.82, 2.24) is 14.7 Å². The molecule has 21 heavy (non-hydrogen) atoms. The summed E-state index contributed by atoms with van der Waals surface area (Å²) in [6.45, 7) is 1.60. The quantitative estimate of drug-likeness (QED) is 0.917. The van der Waals surface area contributed by atoms with Gasteiger partial charge in [-0.1, -0.05) is 6.07 Å². The maximum atomic E-state index is 13.5. The summed E-state index contributed by atoms with van der Waals surface area (Å²) in [6.07, 6.45) is 1.51. The van der Waals surface area contributed by atoms with E-state index in [-0.39, 0.29) is 6.54 Å². The van der Waals surface area contributed by atoms with Crippen LogP contribution in [-0.4, -0.2) is 18.4 Å². The molecular weight excluding hydrogens is 295 g/mol. The second-order valence-electron chi connectivity index (χ2n) is 4.14. The van der Waals surface area contributed by atoms with Crippen LogP contribution >= 0.6 is 0 Å². The van der Waals surface area contributed by atoms with Gasteiger partial charge >= 0.3 is 0 Å². The topological polar surface area (TPSA) is 95.7 Å². The van der Waals surface area contributed by atoms with Crippen molar-refractivity contribution in [3.8, 4) is 6.07 Å². The van der Waals surface area contributed by atoms with Crippen molar-refractivity contribution in [1.29, 1.82) is 5.26 Å². The van der Waals surface area contributed by atoms with E-state index in [4.69, 9.17) is 5.26 Å². The standard InChI is InChI=1S/C13H11FN4O2S/c1-9-16-6-5-10(18-9)8-17-21(19,20)13-4-2-3-12(14)11(13)7-15/h2-6,17H,8H2,1H3. The molecule has 8 heteroatoms. The van der Waals surface area contributed by atoms with Gasteiger partial charge in [0.1, 0.15) is 28.2 Å². The Morgan fingerprint density at radius 1 is 1.38 bits per heavy atom. The number of sulfonamides is 1. The number of benzene rings is 1. The fourth-order valence-electron chi connectivity index (χ4n) is 1.69. The lowest BCUT2D eigenvalue weighted by Crippen LogP contribution is -2.25. The van der Waals surface area contributed by atoms with Crippen LogP contribution < -0.4 is 4.72 Å². The lowest BCUT2D eigenvalue weighted by atomic mass is 10.2. The number of hydrogen-bond acceptors (Lipinski definition) is 5. The SMILES string of the molecule is Cc1nccc(CNS(=O)(=O)c2cccc(F)c2C#N)n1. The van der Waals surface area contributed by atoms with Gasteiger partial charge in [-0.3, -0.25) is 0 Å². The van der Waals surface area contributed by atoms with Crippen LogP contribution in [0.15, 0.2) is 35.4 Å². The molecule has 0 fully saturated rings. The van der Waals surface area contributed by atoms with Crippen molar-refractivity contribution >= 4 is 10.0 Å². The second-order valence-corrected chi connectivity index (χ2v) is 5.88. The first-order valence-corrected chi connectivity index (χ1v) is 7.39. The van der Waals surface area contributed by atoms with Crippen LogP contribution in [0.25, 0.3) is 0 Å². The van der Waals surface area contributed by atoms with Crippen LogP contribution in [0.5, 0.6) is 0 Å². The highest BCUT2D eigenvalue weighted by atomic mass is 32.2. The van der Waals surface area contributed by atoms with E-state index < -0.39 is 26.3 Å². The molecule has 1 aromatic heterocycles. The summed E-state index contributed by atoms with van der Waals surface area (Å²) < 4.78 is 40.0. The van der Waals surface area contributed by atoms with Gasteiger partial charge in [-0.05, 0) is 25.1 Å². The predicted octanol–water partition coefficient (Wildman–Crippen LogP) is 1.27. The first-order chi connectivity index (χ1) is 9.94. The Labute approximate surface area is 121 Å². The molecule has 0 bridgehead atoms. The van der Waals surface area contributed by atoms with Gasteiger partial charge in [-0.25, -0.2) is 27.5 Å². The minimum absolute atomic E-state index is 0.0763. The number of hydrogen-bond donors (Lipinski definition) is 1. The second kappa shape index (κ2) is 5.95. The third-order valence-corrected chi connectivity index (χ3v) is 4.10. The maximum Gasteiger partial charge on any atom is 0.242 e. The maximum absolute atomic E-state index is 13.5. The summed E-state index contributed by atoms with van der Waals surface area (Å²) in [5, 5.41) is 8.88. The highest BCUT2D eigenvalue weighted by Crippen LogP contribution is 2.17. The summed E-state index contributed by atoms with van der Waals surface area (Å²) >= 11 is 0. The zero-order valence-electron chi connectivity index (χ0n) is 11.0. The zero-order valence-corrected chi connectivity index (χ0v) is 11.9. The molecular formula is C13H11FN4O2S. The number of halogens is 1. The minimum Gasteiger partial charge on any atom is -0.242 e. The molecule has 0 saturated carbocycles. The van der Waals surface area contributed by atoms with E-state index >= 15 is 0 Å². The fourth-order valence-corrected chi connectivity index (χ4v) is 2.85. The number of nitrogens with one attached hydrogen (secondary N) is 1. The van der Waals surface area contributed by atoms with Gasteiger partial charge in [-0.2, -0.15) is 5.26 Å². The zero-order chi connectivity index (χ0) is 15.5. The Kier molecular flexibility index (Phi) is 4.26. The highest BCUT2D eigenvalue weighted by molar-refractivity contribution is 7.89. The molecule has 0 atom stereocenters. The molecule has 0 radical (unpaired) electrons. The average molecular weight is 306 g/mol. The predicted molar refractivity (Wildman–Crippen MR) is 71.9 cm³/mol. The molecule has 0 amide bonds. The summed E-state index contributed by atoms with van der Waals surface area (Å²) in [7, 11) is -4.01. The fraction of sp³-hybridized carbons (Fsp3) is 0.154. The largest absolute Gasteiger partial charge is 0.242 e. The third kappa shape index (κ3) is 3.39. The van der Waals surface area contributed by atoms with E-state index in [1.807, 2.05) is 0 Å². The molecule has 0 aliphatic carbocycles. The Bertz CT molecular complexity index is 815. The summed E-state index contributed by atoms with van der Waals surface area (Å²) in [6, 6.07) is 6.56. The van der Waals surface area contributed by atoms with Gasteiger partial charge in [0.15, 0.2) is 0 Å². The van der Waals surface area contributed by atoms with Gasteiger partial charge in [0.25, 0.3) is 0 Å². The lowest BCUT2D eigenvalue weighted by molar-refractivity contribution is 0.575. The number of nitrogens with zero attached hydrogens (tertiary/aromatic N) is 3. The van der Waals surface area contributed by atoms with Crippen molar-refractivity contribution in [2.24, 2.45) is 0 Å². The van der Waals surface area contributed by atoms with Gasteiger partial charge in [0.2, 0.25) is 10.0 Å². The monoisotopic (exact) mass is 306 g/mol. The van der Waals surface area contributed by atoms with Crippen LogP contribution in [0, 0.1) is 24.1 Å². The molecule has 1 N–H and O–H groups in total. The van der Waals surface area contributed by atoms with Crippen molar-refractivity contribution < 1.29 is 12.8 Å². The molecule has 2 aromatic rings. The number of rotatable bonds is 4. The van der Waals surface area contributed by atoms with Crippen molar-refractivity contribution in [3.05, 3.63) is 53.4 Å². The Hall–Kier alpha value is -2.37. The molecule has 0 unspecified atom stereocenters. The van der Waals surface area contributed by atoms with E-state index in [9.17, 15) is 12.8 Å². The van der Waals surface area contributed by atoms with Gasteiger partial charge < -0.3 is 0 Å². The molecule has 108 valence electrons. The molecule has 0 aliphatic heterocycles. The summed E-state index contributed by atoms with van der Waals surface area (Å²) in [4.78, 5) is 7.56. The Morgan fingerprint density at radius 2 is 2.14 bits per heavy atom. The van der Waals surface area contributed by atoms with Crippen LogP contribution in [0.1, 0.15) is 17.1 Å².